The van der Waals surface area contributed by atoms with Gasteiger partial charge in [-0.1, -0.05) is 5.16 Å². The summed E-state index contributed by atoms with van der Waals surface area (Å²) < 4.78 is 12.8. The first-order valence-corrected chi connectivity index (χ1v) is 8.85. The average molecular weight is 331 g/mol. The van der Waals surface area contributed by atoms with E-state index in [4.69, 9.17) is 14.2 Å². The van der Waals surface area contributed by atoms with Gasteiger partial charge >= 0.3 is 0 Å². The molecule has 130 valence electrons. The van der Waals surface area contributed by atoms with Crippen LogP contribution in [-0.2, 0) is 37.8 Å². The zero-order valence-electron chi connectivity index (χ0n) is 14.5. The van der Waals surface area contributed by atoms with Gasteiger partial charge < -0.3 is 13.8 Å². The molecule has 4 rings (SSSR count). The molecular formula is C17H25N5O2. The quantitative estimate of drug-likeness (QED) is 0.836. The Bertz CT molecular complexity index is 708. The Kier molecular flexibility index (Phi) is 4.37. The van der Waals surface area contributed by atoms with Crippen LogP contribution in [0.15, 0.2) is 4.52 Å². The van der Waals surface area contributed by atoms with E-state index in [1.165, 1.54) is 36.5 Å². The number of aromatic nitrogens is 4. The maximum absolute atomic E-state index is 5.36. The molecule has 0 spiro atoms. The van der Waals surface area contributed by atoms with Crippen molar-refractivity contribution >= 4 is 0 Å². The predicted octanol–water partition coefficient (Wildman–Crippen LogP) is 2.17. The fourth-order valence-corrected chi connectivity index (χ4v) is 4.03. The summed E-state index contributed by atoms with van der Waals surface area (Å²) in [6, 6.07) is 0.346. The topological polar surface area (TPSA) is 69.2 Å². The summed E-state index contributed by atoms with van der Waals surface area (Å²) in [4.78, 5) is 11.8. The Morgan fingerprint density at radius 2 is 2.08 bits per heavy atom. The van der Waals surface area contributed by atoms with E-state index in [1.807, 2.05) is 0 Å². The van der Waals surface area contributed by atoms with Crippen molar-refractivity contribution in [2.24, 2.45) is 7.05 Å². The van der Waals surface area contributed by atoms with E-state index in [-0.39, 0.29) is 0 Å². The Morgan fingerprint density at radius 3 is 2.92 bits per heavy atom. The van der Waals surface area contributed by atoms with E-state index < -0.39 is 0 Å². The largest absolute Gasteiger partial charge is 0.377 e. The van der Waals surface area contributed by atoms with E-state index in [2.05, 4.69) is 26.7 Å². The van der Waals surface area contributed by atoms with Crippen molar-refractivity contribution in [2.45, 2.75) is 57.7 Å². The first-order valence-electron chi connectivity index (χ1n) is 8.85. The third-order valence-electron chi connectivity index (χ3n) is 5.19. The van der Waals surface area contributed by atoms with Crippen LogP contribution in [-0.4, -0.2) is 38.2 Å². The average Bonchev–Trinajstić information content (AvgIpc) is 3.29. The highest BCUT2D eigenvalue weighted by molar-refractivity contribution is 5.22. The second kappa shape index (κ2) is 6.64. The first-order chi connectivity index (χ1) is 11.8. The number of fused-ring (bicyclic) bond motifs is 1. The lowest BCUT2D eigenvalue weighted by Crippen LogP contribution is -2.25. The van der Waals surface area contributed by atoms with Crippen molar-refractivity contribution in [3.63, 3.8) is 0 Å². The molecule has 2 aliphatic rings. The zero-order chi connectivity index (χ0) is 16.5. The van der Waals surface area contributed by atoms with Gasteiger partial charge in [0, 0.05) is 19.9 Å². The number of nitrogens with zero attached hydrogens (tertiary/aromatic N) is 5. The lowest BCUT2D eigenvalue weighted by molar-refractivity contribution is 0.174. The van der Waals surface area contributed by atoms with Crippen LogP contribution in [0.5, 0.6) is 0 Å². The van der Waals surface area contributed by atoms with Crippen LogP contribution >= 0.6 is 0 Å². The van der Waals surface area contributed by atoms with E-state index in [9.17, 15) is 0 Å². The molecule has 2 aromatic rings. The Labute approximate surface area is 142 Å². The summed E-state index contributed by atoms with van der Waals surface area (Å²) >= 11 is 0. The molecule has 1 saturated heterocycles. The second-order valence-corrected chi connectivity index (χ2v) is 6.80. The van der Waals surface area contributed by atoms with Gasteiger partial charge in [-0.25, -0.2) is 4.98 Å². The molecule has 7 nitrogen and oxygen atoms in total. The Balaban J connectivity index is 1.53. The minimum Gasteiger partial charge on any atom is -0.377 e. The number of imidazole rings is 1. The molecule has 24 heavy (non-hydrogen) atoms. The molecule has 0 radical (unpaired) electrons. The molecule has 1 aliphatic heterocycles. The van der Waals surface area contributed by atoms with Gasteiger partial charge in [0.15, 0.2) is 5.82 Å². The molecule has 0 saturated carbocycles. The number of hydrogen-bond donors (Lipinski definition) is 0. The zero-order valence-corrected chi connectivity index (χ0v) is 14.5. The molecule has 1 fully saturated rings. The van der Waals surface area contributed by atoms with Gasteiger partial charge in [-0.3, -0.25) is 4.90 Å². The Hall–Kier alpha value is -1.73. The van der Waals surface area contributed by atoms with Crippen LogP contribution in [0, 0.1) is 0 Å². The standard InChI is InChI=1S/C17H25N5O2/c1-21-13-7-4-3-6-12(13)18-17(21)14-8-5-9-22(14)10-16-19-15(11-23-2)20-24-16/h14H,3-11H2,1-2H3/t14-/m1/s1. The fraction of sp³-hybridized carbons (Fsp3) is 0.706. The highest BCUT2D eigenvalue weighted by Gasteiger charge is 2.32. The molecule has 2 aromatic heterocycles. The van der Waals surface area contributed by atoms with Gasteiger partial charge in [0.2, 0.25) is 5.89 Å². The SMILES string of the molecule is COCc1noc(CN2CCC[C@@H]2c2nc3c(n2C)CCCC3)n1. The normalized spacial score (nSPS) is 21.3. The number of likely N-dealkylation sites (tertiary alicyclic amines) is 1. The van der Waals surface area contributed by atoms with Gasteiger partial charge in [-0.15, -0.1) is 0 Å². The van der Waals surface area contributed by atoms with Crippen LogP contribution in [0.4, 0.5) is 0 Å². The lowest BCUT2D eigenvalue weighted by atomic mass is 10.0. The van der Waals surface area contributed by atoms with Crippen LogP contribution in [0.1, 0.15) is 60.7 Å². The summed E-state index contributed by atoms with van der Waals surface area (Å²) in [5.74, 6) is 2.47. The molecule has 3 heterocycles. The summed E-state index contributed by atoms with van der Waals surface area (Å²) in [7, 11) is 3.81. The van der Waals surface area contributed by atoms with Crippen LogP contribution in [0.2, 0.25) is 0 Å². The summed E-state index contributed by atoms with van der Waals surface area (Å²) in [6.07, 6.45) is 7.16. The smallest absolute Gasteiger partial charge is 0.240 e. The lowest BCUT2D eigenvalue weighted by Gasteiger charge is -2.22. The van der Waals surface area contributed by atoms with E-state index >= 15 is 0 Å². The number of methoxy groups -OCH3 is 1. The monoisotopic (exact) mass is 331 g/mol. The van der Waals surface area contributed by atoms with Crippen molar-refractivity contribution in [3.8, 4) is 0 Å². The molecule has 0 bridgehead atoms. The first kappa shape index (κ1) is 15.8. The van der Waals surface area contributed by atoms with Gasteiger partial charge in [0.1, 0.15) is 12.4 Å². The highest BCUT2D eigenvalue weighted by atomic mass is 16.5. The van der Waals surface area contributed by atoms with Gasteiger partial charge in [0.25, 0.3) is 0 Å². The summed E-state index contributed by atoms with van der Waals surface area (Å²) in [5.41, 5.74) is 2.74. The molecule has 1 aliphatic carbocycles. The third kappa shape index (κ3) is 2.86. The maximum Gasteiger partial charge on any atom is 0.240 e. The minimum absolute atomic E-state index is 0.346. The number of hydrogen-bond acceptors (Lipinski definition) is 6. The predicted molar refractivity (Wildman–Crippen MR) is 87.2 cm³/mol. The number of ether oxygens (including phenoxy) is 1. The summed E-state index contributed by atoms with van der Waals surface area (Å²) in [5, 5.41) is 3.96. The number of aryl methyl sites for hydroxylation is 1. The number of rotatable bonds is 5. The van der Waals surface area contributed by atoms with Crippen molar-refractivity contribution in [1.82, 2.24) is 24.6 Å². The van der Waals surface area contributed by atoms with E-state index in [0.29, 0.717) is 30.9 Å². The van der Waals surface area contributed by atoms with E-state index in [0.717, 1.165) is 25.8 Å². The van der Waals surface area contributed by atoms with Crippen LogP contribution in [0.25, 0.3) is 0 Å². The highest BCUT2D eigenvalue weighted by Crippen LogP contribution is 2.34. The van der Waals surface area contributed by atoms with Crippen molar-refractivity contribution in [1.29, 1.82) is 0 Å². The van der Waals surface area contributed by atoms with E-state index in [1.54, 1.807) is 7.11 Å². The van der Waals surface area contributed by atoms with Crippen molar-refractivity contribution < 1.29 is 9.26 Å². The molecule has 0 amide bonds. The second-order valence-electron chi connectivity index (χ2n) is 6.80. The molecule has 0 N–H and O–H groups in total. The molecule has 0 unspecified atom stereocenters. The van der Waals surface area contributed by atoms with Gasteiger partial charge in [0.05, 0.1) is 18.3 Å². The Morgan fingerprint density at radius 1 is 1.21 bits per heavy atom. The molecule has 7 heteroatoms. The molecular weight excluding hydrogens is 306 g/mol. The van der Waals surface area contributed by atoms with Gasteiger partial charge in [-0.05, 0) is 45.1 Å². The van der Waals surface area contributed by atoms with Gasteiger partial charge in [-0.2, -0.15) is 4.98 Å². The van der Waals surface area contributed by atoms with Crippen LogP contribution < -0.4 is 0 Å². The van der Waals surface area contributed by atoms with Crippen molar-refractivity contribution in [2.75, 3.05) is 13.7 Å². The van der Waals surface area contributed by atoms with Crippen LogP contribution in [0.3, 0.4) is 0 Å². The molecule has 0 aromatic carbocycles. The maximum atomic E-state index is 5.36. The fourth-order valence-electron chi connectivity index (χ4n) is 4.03. The van der Waals surface area contributed by atoms with Crippen molar-refractivity contribution in [3.05, 3.63) is 28.9 Å². The molecule has 1 atom stereocenters. The minimum atomic E-state index is 0.346. The summed E-state index contributed by atoms with van der Waals surface area (Å²) in [6.45, 7) is 2.11. The third-order valence-corrected chi connectivity index (χ3v) is 5.19.